The van der Waals surface area contributed by atoms with Crippen LogP contribution in [0.25, 0.3) is 0 Å². The molecule has 0 atom stereocenters. The Morgan fingerprint density at radius 2 is 1.45 bits per heavy atom. The smallest absolute Gasteiger partial charge is 0.269 e. The minimum atomic E-state index is -3.82. The molecule has 0 spiro atoms. The van der Waals surface area contributed by atoms with Crippen LogP contribution in [0.15, 0.2) is 57.9 Å². The van der Waals surface area contributed by atoms with Gasteiger partial charge < -0.3 is 4.90 Å². The maximum Gasteiger partial charge on any atom is 0.269 e. The summed E-state index contributed by atoms with van der Waals surface area (Å²) in [6, 6.07) is 12.1. The van der Waals surface area contributed by atoms with Crippen molar-refractivity contribution >= 4 is 43.7 Å². The van der Waals surface area contributed by atoms with Crippen LogP contribution in [0.4, 0.5) is 0 Å². The zero-order valence-electron chi connectivity index (χ0n) is 16.7. The minimum Gasteiger partial charge on any atom is -0.340 e. The molecule has 2 aromatic carbocycles. The molecule has 1 saturated heterocycles. The number of sulfonamides is 1. The molecule has 0 aromatic heterocycles. The number of carbonyl (C=O) groups is 3. The zero-order chi connectivity index (χ0) is 22.6. The van der Waals surface area contributed by atoms with Crippen LogP contribution in [0.5, 0.6) is 0 Å². The van der Waals surface area contributed by atoms with Gasteiger partial charge in [0.25, 0.3) is 11.8 Å². The standard InChI is InChI=1S/C20H21BrN4O5S/c1-14(26)24-9-11-25(12-10-24)31(29,30)18-4-2-3-16(13-18)20(28)23-22-19(27)15-5-7-17(21)8-6-15/h2-8,13H,9-12H2,1H3,(H,22,27)(H,23,28). The fourth-order valence-corrected chi connectivity index (χ4v) is 4.78. The van der Waals surface area contributed by atoms with Crippen LogP contribution in [0, 0.1) is 0 Å². The predicted molar refractivity (Wildman–Crippen MR) is 117 cm³/mol. The van der Waals surface area contributed by atoms with Crippen molar-refractivity contribution < 1.29 is 22.8 Å². The Hall–Kier alpha value is -2.76. The van der Waals surface area contributed by atoms with Crippen LogP contribution in [0.2, 0.25) is 0 Å². The quantitative estimate of drug-likeness (QED) is 0.605. The topological polar surface area (TPSA) is 116 Å². The predicted octanol–water partition coefficient (Wildman–Crippen LogP) is 1.38. The number of nitrogens with one attached hydrogen (secondary N) is 2. The SMILES string of the molecule is CC(=O)N1CCN(S(=O)(=O)c2cccc(C(=O)NNC(=O)c3ccc(Br)cc3)c2)CC1. The van der Waals surface area contributed by atoms with E-state index in [9.17, 15) is 22.8 Å². The Labute approximate surface area is 188 Å². The molecule has 1 aliphatic rings. The number of nitrogens with zero attached hydrogens (tertiary/aromatic N) is 2. The first kappa shape index (κ1) is 22.9. The van der Waals surface area contributed by atoms with E-state index < -0.39 is 21.8 Å². The van der Waals surface area contributed by atoms with Crippen molar-refractivity contribution in [1.29, 1.82) is 0 Å². The summed E-state index contributed by atoms with van der Waals surface area (Å²) in [5.74, 6) is -1.25. The number of halogens is 1. The Morgan fingerprint density at radius 3 is 2.03 bits per heavy atom. The fourth-order valence-electron chi connectivity index (χ4n) is 3.05. The highest BCUT2D eigenvalue weighted by molar-refractivity contribution is 9.10. The number of hydrogen-bond donors (Lipinski definition) is 2. The van der Waals surface area contributed by atoms with Crippen LogP contribution in [-0.2, 0) is 14.8 Å². The molecule has 0 aliphatic carbocycles. The summed E-state index contributed by atoms with van der Waals surface area (Å²) in [5.41, 5.74) is 5.02. The highest BCUT2D eigenvalue weighted by atomic mass is 79.9. The maximum absolute atomic E-state index is 12.9. The molecule has 164 valence electrons. The Bertz CT molecular complexity index is 1100. The van der Waals surface area contributed by atoms with Crippen LogP contribution in [-0.4, -0.2) is 61.5 Å². The van der Waals surface area contributed by atoms with E-state index >= 15 is 0 Å². The van der Waals surface area contributed by atoms with Crippen molar-refractivity contribution in [3.05, 3.63) is 64.1 Å². The third-order valence-corrected chi connectivity index (χ3v) is 7.24. The van der Waals surface area contributed by atoms with Crippen LogP contribution in [0.1, 0.15) is 27.6 Å². The molecule has 2 aromatic rings. The summed E-state index contributed by atoms with van der Waals surface area (Å²) in [4.78, 5) is 37.5. The van der Waals surface area contributed by atoms with Crippen molar-refractivity contribution in [3.63, 3.8) is 0 Å². The van der Waals surface area contributed by atoms with Crippen LogP contribution < -0.4 is 10.9 Å². The Balaban J connectivity index is 1.66. The largest absolute Gasteiger partial charge is 0.340 e. The lowest BCUT2D eigenvalue weighted by atomic mass is 10.2. The highest BCUT2D eigenvalue weighted by Gasteiger charge is 2.29. The lowest BCUT2D eigenvalue weighted by Gasteiger charge is -2.33. The van der Waals surface area contributed by atoms with Gasteiger partial charge in [0.15, 0.2) is 0 Å². The lowest BCUT2D eigenvalue weighted by molar-refractivity contribution is -0.129. The number of piperazine rings is 1. The summed E-state index contributed by atoms with van der Waals surface area (Å²) in [5, 5.41) is 0. The highest BCUT2D eigenvalue weighted by Crippen LogP contribution is 2.19. The van der Waals surface area contributed by atoms with Crippen molar-refractivity contribution in [1.82, 2.24) is 20.1 Å². The van der Waals surface area contributed by atoms with Gasteiger partial charge in [0.2, 0.25) is 15.9 Å². The van der Waals surface area contributed by atoms with Crippen LogP contribution >= 0.6 is 15.9 Å². The van der Waals surface area contributed by atoms with E-state index in [0.29, 0.717) is 18.7 Å². The van der Waals surface area contributed by atoms with E-state index in [1.807, 2.05) is 0 Å². The Morgan fingerprint density at radius 1 is 0.871 bits per heavy atom. The second-order valence-electron chi connectivity index (χ2n) is 6.85. The summed E-state index contributed by atoms with van der Waals surface area (Å²) < 4.78 is 28.0. The zero-order valence-corrected chi connectivity index (χ0v) is 19.1. The van der Waals surface area contributed by atoms with Gasteiger partial charge in [-0.2, -0.15) is 4.31 Å². The van der Waals surface area contributed by atoms with E-state index in [4.69, 9.17) is 0 Å². The van der Waals surface area contributed by atoms with Gasteiger partial charge in [-0.05, 0) is 42.5 Å². The van der Waals surface area contributed by atoms with Crippen molar-refractivity contribution in [2.45, 2.75) is 11.8 Å². The molecule has 3 amide bonds. The molecule has 9 nitrogen and oxygen atoms in total. The van der Waals surface area contributed by atoms with Crippen molar-refractivity contribution in [3.8, 4) is 0 Å². The molecular formula is C20H21BrN4O5S. The van der Waals surface area contributed by atoms with Gasteiger partial charge >= 0.3 is 0 Å². The molecule has 0 bridgehead atoms. The number of hydrogen-bond acceptors (Lipinski definition) is 5. The summed E-state index contributed by atoms with van der Waals surface area (Å²) in [7, 11) is -3.82. The molecule has 0 radical (unpaired) electrons. The first-order valence-corrected chi connectivity index (χ1v) is 11.6. The van der Waals surface area contributed by atoms with Gasteiger partial charge in [0.05, 0.1) is 4.90 Å². The number of rotatable bonds is 4. The van der Waals surface area contributed by atoms with Crippen LogP contribution in [0.3, 0.4) is 0 Å². The molecule has 1 heterocycles. The molecule has 0 saturated carbocycles. The lowest BCUT2D eigenvalue weighted by Crippen LogP contribution is -2.49. The van der Waals surface area contributed by atoms with Gasteiger partial charge in [0, 0.05) is 48.7 Å². The van der Waals surface area contributed by atoms with Gasteiger partial charge in [0.1, 0.15) is 0 Å². The molecule has 31 heavy (non-hydrogen) atoms. The summed E-state index contributed by atoms with van der Waals surface area (Å²) >= 11 is 3.28. The molecule has 3 rings (SSSR count). The molecule has 0 unspecified atom stereocenters. The Kier molecular flexibility index (Phi) is 7.08. The van der Waals surface area contributed by atoms with E-state index in [1.165, 1.54) is 35.5 Å². The van der Waals surface area contributed by atoms with Crippen molar-refractivity contribution in [2.75, 3.05) is 26.2 Å². The number of amides is 3. The van der Waals surface area contributed by atoms with Gasteiger partial charge in [-0.1, -0.05) is 22.0 Å². The normalized spacial score (nSPS) is 14.7. The number of benzene rings is 2. The third-order valence-electron chi connectivity index (χ3n) is 4.81. The van der Waals surface area contributed by atoms with E-state index in [-0.39, 0.29) is 29.5 Å². The molecule has 2 N–H and O–H groups in total. The van der Waals surface area contributed by atoms with Gasteiger partial charge in [-0.3, -0.25) is 25.2 Å². The van der Waals surface area contributed by atoms with E-state index in [2.05, 4.69) is 26.8 Å². The molecule has 1 aliphatic heterocycles. The average molecular weight is 509 g/mol. The van der Waals surface area contributed by atoms with E-state index in [1.54, 1.807) is 29.2 Å². The van der Waals surface area contributed by atoms with Gasteiger partial charge in [-0.15, -0.1) is 0 Å². The first-order valence-electron chi connectivity index (χ1n) is 9.40. The average Bonchev–Trinajstić information content (AvgIpc) is 2.77. The maximum atomic E-state index is 12.9. The fraction of sp³-hybridized carbons (Fsp3) is 0.250. The third kappa shape index (κ3) is 5.49. The second kappa shape index (κ2) is 9.58. The number of carbonyl (C=O) groups excluding carboxylic acids is 3. The second-order valence-corrected chi connectivity index (χ2v) is 9.71. The van der Waals surface area contributed by atoms with E-state index in [0.717, 1.165) is 4.47 Å². The van der Waals surface area contributed by atoms with Crippen molar-refractivity contribution in [2.24, 2.45) is 0 Å². The monoisotopic (exact) mass is 508 g/mol. The first-order chi connectivity index (χ1) is 14.7. The van der Waals surface area contributed by atoms with Gasteiger partial charge in [-0.25, -0.2) is 8.42 Å². The molecule has 1 fully saturated rings. The molecular weight excluding hydrogens is 488 g/mol. The summed E-state index contributed by atoms with van der Waals surface area (Å²) in [6.07, 6.45) is 0. The molecule has 11 heteroatoms. The number of hydrazine groups is 1. The summed E-state index contributed by atoms with van der Waals surface area (Å²) in [6.45, 7) is 2.44. The minimum absolute atomic E-state index is 0.0318.